The third-order valence-corrected chi connectivity index (χ3v) is 14.1. The largest absolute Gasteiger partial charge is 0.0533 e. The van der Waals surface area contributed by atoms with Gasteiger partial charge in [0, 0.05) is 0 Å². The molecule has 0 nitrogen and oxygen atoms in total. The maximum atomic E-state index is 1.61. The molecule has 6 rings (SSSR count). The van der Waals surface area contributed by atoms with Gasteiger partial charge in [-0.15, -0.1) is 0 Å². The molecule has 0 aromatic heterocycles. The molecule has 0 amide bonds. The topological polar surface area (TPSA) is 0 Å². The first kappa shape index (κ1) is 33.4. The van der Waals surface area contributed by atoms with E-state index in [4.69, 9.17) is 0 Å². The second-order valence-corrected chi connectivity index (χ2v) is 17.3. The first-order valence-corrected chi connectivity index (χ1v) is 20.8. The Balaban J connectivity index is 0.000000168. The summed E-state index contributed by atoms with van der Waals surface area (Å²) in [5.74, 6) is 8.87. The van der Waals surface area contributed by atoms with Crippen LogP contribution in [-0.4, -0.2) is 0 Å². The molecule has 0 saturated heterocycles. The van der Waals surface area contributed by atoms with Crippen LogP contribution in [-0.2, 0) is 0 Å². The quantitative estimate of drug-likeness (QED) is 0.241. The van der Waals surface area contributed by atoms with E-state index in [9.17, 15) is 0 Å². The molecule has 6 aliphatic rings. The number of hydrogen-bond acceptors (Lipinski definition) is 0. The highest BCUT2D eigenvalue weighted by molar-refractivity contribution is 4.83. The smallest absolute Gasteiger partial charge is 0.0381 e. The predicted molar refractivity (Wildman–Crippen MR) is 185 cm³/mol. The molecule has 6 saturated carbocycles. The molecular formula is C42H76. The fourth-order valence-corrected chi connectivity index (χ4v) is 11.6. The van der Waals surface area contributed by atoms with E-state index in [1.165, 1.54) is 116 Å². The monoisotopic (exact) mass is 581 g/mol. The second-order valence-electron chi connectivity index (χ2n) is 17.3. The molecule has 0 heterocycles. The lowest BCUT2D eigenvalue weighted by Gasteiger charge is -2.37. The summed E-state index contributed by atoms with van der Waals surface area (Å²) < 4.78 is 0. The van der Waals surface area contributed by atoms with Gasteiger partial charge in [0.1, 0.15) is 0 Å². The van der Waals surface area contributed by atoms with Gasteiger partial charge in [-0.2, -0.15) is 0 Å². The standard InChI is InChI=1S/2C21H38/c2*1-4-10-18(11-5-1)16-21(20-14-8-3-9-15-20)17-19-12-6-2-7-13-19/h2*18-21H,1-17H2. The summed E-state index contributed by atoms with van der Waals surface area (Å²) in [7, 11) is 0. The molecule has 0 aromatic carbocycles. The molecule has 0 unspecified atom stereocenters. The highest BCUT2D eigenvalue weighted by atomic mass is 14.4. The molecule has 6 fully saturated rings. The molecule has 0 bridgehead atoms. The van der Waals surface area contributed by atoms with E-state index in [2.05, 4.69) is 0 Å². The zero-order valence-electron chi connectivity index (χ0n) is 28.7. The highest BCUT2D eigenvalue weighted by Crippen LogP contribution is 2.44. The van der Waals surface area contributed by atoms with Gasteiger partial charge in [0.2, 0.25) is 0 Å². The van der Waals surface area contributed by atoms with Gasteiger partial charge < -0.3 is 0 Å². The van der Waals surface area contributed by atoms with E-state index in [-0.39, 0.29) is 0 Å². The second kappa shape index (κ2) is 19.5. The molecule has 0 aliphatic heterocycles. The zero-order valence-corrected chi connectivity index (χ0v) is 28.7. The summed E-state index contributed by atoms with van der Waals surface area (Å²) in [5, 5.41) is 0. The van der Waals surface area contributed by atoms with Gasteiger partial charge in [0.15, 0.2) is 0 Å². The molecule has 0 aromatic rings. The van der Waals surface area contributed by atoms with Crippen LogP contribution in [0.5, 0.6) is 0 Å². The first-order valence-electron chi connectivity index (χ1n) is 20.8. The van der Waals surface area contributed by atoms with Crippen molar-refractivity contribution in [2.24, 2.45) is 47.3 Å². The van der Waals surface area contributed by atoms with Crippen LogP contribution >= 0.6 is 0 Å². The Morgan fingerprint density at radius 2 is 0.429 bits per heavy atom. The van der Waals surface area contributed by atoms with Crippen molar-refractivity contribution in [1.29, 1.82) is 0 Å². The molecule has 0 atom stereocenters. The minimum absolute atomic E-state index is 1.11. The summed E-state index contributed by atoms with van der Waals surface area (Å²) in [6.45, 7) is 0. The summed E-state index contributed by atoms with van der Waals surface area (Å²) in [4.78, 5) is 0. The van der Waals surface area contributed by atoms with Gasteiger partial charge in [0.25, 0.3) is 0 Å². The van der Waals surface area contributed by atoms with Crippen molar-refractivity contribution in [2.75, 3.05) is 0 Å². The van der Waals surface area contributed by atoms with Crippen LogP contribution in [0, 0.1) is 47.3 Å². The van der Waals surface area contributed by atoms with Gasteiger partial charge in [-0.05, 0) is 73.0 Å². The van der Waals surface area contributed by atoms with Crippen molar-refractivity contribution in [3.05, 3.63) is 0 Å². The maximum Gasteiger partial charge on any atom is -0.0381 e. The fourth-order valence-electron chi connectivity index (χ4n) is 11.6. The van der Waals surface area contributed by atoms with E-state index in [0.717, 1.165) is 47.3 Å². The maximum absolute atomic E-state index is 1.61. The average molecular weight is 581 g/mol. The average Bonchev–Trinajstić information content (AvgIpc) is 3.07. The lowest BCUT2D eigenvalue weighted by atomic mass is 9.69. The molecular weight excluding hydrogens is 504 g/mol. The van der Waals surface area contributed by atoms with Crippen molar-refractivity contribution in [2.45, 2.75) is 218 Å². The normalized spacial score (nSPS) is 27.3. The fraction of sp³-hybridized carbons (Fsp3) is 1.00. The van der Waals surface area contributed by atoms with Crippen molar-refractivity contribution >= 4 is 0 Å². The van der Waals surface area contributed by atoms with Crippen LogP contribution in [0.2, 0.25) is 0 Å². The third kappa shape index (κ3) is 11.7. The predicted octanol–water partition coefficient (Wildman–Crippen LogP) is 14.2. The van der Waals surface area contributed by atoms with Crippen LogP contribution in [0.1, 0.15) is 218 Å². The van der Waals surface area contributed by atoms with Crippen LogP contribution in [0.4, 0.5) is 0 Å². The minimum atomic E-state index is 1.11. The molecule has 6 aliphatic carbocycles. The van der Waals surface area contributed by atoms with Gasteiger partial charge in [-0.25, -0.2) is 0 Å². The van der Waals surface area contributed by atoms with Crippen molar-refractivity contribution in [3.8, 4) is 0 Å². The first-order chi connectivity index (χ1) is 20.8. The minimum Gasteiger partial charge on any atom is -0.0533 e. The Labute approximate surface area is 265 Å². The van der Waals surface area contributed by atoms with Crippen LogP contribution in [0.3, 0.4) is 0 Å². The van der Waals surface area contributed by atoms with Crippen LogP contribution in [0.15, 0.2) is 0 Å². The Morgan fingerprint density at radius 1 is 0.238 bits per heavy atom. The van der Waals surface area contributed by atoms with E-state index >= 15 is 0 Å². The van der Waals surface area contributed by atoms with Crippen LogP contribution < -0.4 is 0 Å². The molecule has 0 spiro atoms. The number of rotatable bonds is 10. The summed E-state index contributed by atoms with van der Waals surface area (Å²) >= 11 is 0. The Morgan fingerprint density at radius 3 is 0.643 bits per heavy atom. The van der Waals surface area contributed by atoms with Crippen LogP contribution in [0.25, 0.3) is 0 Å². The summed E-state index contributed by atoms with van der Waals surface area (Å²) in [6, 6.07) is 0. The van der Waals surface area contributed by atoms with Gasteiger partial charge >= 0.3 is 0 Å². The summed E-state index contributed by atoms with van der Waals surface area (Å²) in [5.41, 5.74) is 0. The highest BCUT2D eigenvalue weighted by Gasteiger charge is 2.31. The van der Waals surface area contributed by atoms with E-state index in [1.807, 2.05) is 0 Å². The van der Waals surface area contributed by atoms with Gasteiger partial charge in [-0.1, -0.05) is 193 Å². The molecule has 42 heavy (non-hydrogen) atoms. The Kier molecular flexibility index (Phi) is 15.5. The lowest BCUT2D eigenvalue weighted by molar-refractivity contribution is 0.149. The van der Waals surface area contributed by atoms with E-state index in [1.54, 1.807) is 103 Å². The molecule has 244 valence electrons. The Hall–Kier alpha value is 0. The molecule has 0 N–H and O–H groups in total. The van der Waals surface area contributed by atoms with Crippen molar-refractivity contribution in [1.82, 2.24) is 0 Å². The third-order valence-electron chi connectivity index (χ3n) is 14.1. The van der Waals surface area contributed by atoms with E-state index < -0.39 is 0 Å². The molecule has 0 radical (unpaired) electrons. The summed E-state index contributed by atoms with van der Waals surface area (Å²) in [6.07, 6.45) is 52.8. The number of hydrogen-bond donors (Lipinski definition) is 0. The van der Waals surface area contributed by atoms with Gasteiger partial charge in [-0.3, -0.25) is 0 Å². The van der Waals surface area contributed by atoms with Gasteiger partial charge in [0.05, 0.1) is 0 Å². The zero-order chi connectivity index (χ0) is 28.7. The molecule has 0 heteroatoms. The van der Waals surface area contributed by atoms with E-state index in [0.29, 0.717) is 0 Å². The van der Waals surface area contributed by atoms with Crippen molar-refractivity contribution in [3.63, 3.8) is 0 Å². The van der Waals surface area contributed by atoms with Crippen molar-refractivity contribution < 1.29 is 0 Å². The Bertz CT molecular complexity index is 546. The lowest BCUT2D eigenvalue weighted by Crippen LogP contribution is -2.25. The SMILES string of the molecule is C1CCC(CC(CC2CCCCC2)C2CCCCC2)CC1.C1CCC(CC(CC2CCCCC2)C2CCCCC2)CC1.